The second kappa shape index (κ2) is 5.10. The van der Waals surface area contributed by atoms with Crippen LogP contribution in [0, 0.1) is 0 Å². The molecule has 0 saturated heterocycles. The zero-order valence-corrected chi connectivity index (χ0v) is 9.04. The van der Waals surface area contributed by atoms with Gasteiger partial charge in [-0.3, -0.25) is 4.98 Å². The van der Waals surface area contributed by atoms with Crippen LogP contribution in [-0.2, 0) is 5.33 Å². The number of rotatable bonds is 1. The third-order valence-corrected chi connectivity index (χ3v) is 2.00. The summed E-state index contributed by atoms with van der Waals surface area (Å²) >= 11 is 6.65. The van der Waals surface area contributed by atoms with E-state index in [0.29, 0.717) is 0 Å². The highest BCUT2D eigenvalue weighted by Crippen LogP contribution is 2.11. The van der Waals surface area contributed by atoms with Crippen LogP contribution in [0.25, 0.3) is 0 Å². The maximum absolute atomic E-state index is 3.98. The molecule has 0 amide bonds. The molecule has 1 aromatic rings. The van der Waals surface area contributed by atoms with Crippen LogP contribution in [0.15, 0.2) is 22.9 Å². The first-order valence-electron chi connectivity index (χ1n) is 2.48. The first-order chi connectivity index (χ1) is 4.33. The van der Waals surface area contributed by atoms with Gasteiger partial charge in [-0.25, -0.2) is 0 Å². The van der Waals surface area contributed by atoms with Crippen molar-refractivity contribution in [1.29, 1.82) is 0 Å². The summed E-state index contributed by atoms with van der Waals surface area (Å²) in [7, 11) is 0. The molecule has 0 radical (unpaired) electrons. The van der Waals surface area contributed by atoms with Crippen molar-refractivity contribution in [3.05, 3.63) is 28.5 Å². The third kappa shape index (κ3) is 2.99. The van der Waals surface area contributed by atoms with Crippen molar-refractivity contribution in [3.8, 4) is 0 Å². The Morgan fingerprint density at radius 3 is 2.50 bits per heavy atom. The van der Waals surface area contributed by atoms with Gasteiger partial charge in [0.1, 0.15) is 0 Å². The second-order valence-electron chi connectivity index (χ2n) is 1.65. The van der Waals surface area contributed by atoms with E-state index in [1.165, 1.54) is 5.56 Å². The van der Waals surface area contributed by atoms with E-state index < -0.39 is 0 Å². The molecular formula is C6H6Br2ClN. The van der Waals surface area contributed by atoms with Crippen LogP contribution in [0.5, 0.6) is 0 Å². The van der Waals surface area contributed by atoms with Crippen LogP contribution in [0.4, 0.5) is 0 Å². The third-order valence-electron chi connectivity index (χ3n) is 0.916. The van der Waals surface area contributed by atoms with E-state index in [9.17, 15) is 0 Å². The number of halogens is 3. The SMILES string of the molecule is BrCc1cncc(Br)c1.Cl. The minimum atomic E-state index is 0. The van der Waals surface area contributed by atoms with Gasteiger partial charge in [0, 0.05) is 22.2 Å². The number of alkyl halides is 1. The molecule has 0 aromatic carbocycles. The molecular weight excluding hydrogens is 281 g/mol. The summed E-state index contributed by atoms with van der Waals surface area (Å²) in [4.78, 5) is 3.98. The van der Waals surface area contributed by atoms with Gasteiger partial charge in [0.2, 0.25) is 0 Å². The van der Waals surface area contributed by atoms with Crippen LogP contribution in [0.3, 0.4) is 0 Å². The number of nitrogens with zero attached hydrogens (tertiary/aromatic N) is 1. The highest BCUT2D eigenvalue weighted by atomic mass is 79.9. The fraction of sp³-hybridized carbons (Fsp3) is 0.167. The monoisotopic (exact) mass is 285 g/mol. The van der Waals surface area contributed by atoms with Gasteiger partial charge in [-0.1, -0.05) is 15.9 Å². The zero-order chi connectivity index (χ0) is 6.69. The van der Waals surface area contributed by atoms with Crippen LogP contribution < -0.4 is 0 Å². The van der Waals surface area contributed by atoms with Crippen molar-refractivity contribution in [3.63, 3.8) is 0 Å². The molecule has 1 nitrogen and oxygen atoms in total. The Hall–Kier alpha value is 0.400. The molecule has 0 aliphatic rings. The van der Waals surface area contributed by atoms with E-state index in [1.54, 1.807) is 6.20 Å². The molecule has 4 heteroatoms. The molecule has 0 fully saturated rings. The van der Waals surface area contributed by atoms with E-state index in [4.69, 9.17) is 0 Å². The van der Waals surface area contributed by atoms with Crippen molar-refractivity contribution in [2.24, 2.45) is 0 Å². The standard InChI is InChI=1S/C6H5Br2N.ClH/c7-2-5-1-6(8)4-9-3-5;/h1,3-4H,2H2;1H. The average molecular weight is 287 g/mol. The van der Waals surface area contributed by atoms with Gasteiger partial charge in [0.15, 0.2) is 0 Å². The van der Waals surface area contributed by atoms with Gasteiger partial charge in [-0.05, 0) is 27.6 Å². The molecule has 0 unspecified atom stereocenters. The van der Waals surface area contributed by atoms with Crippen molar-refractivity contribution in [2.75, 3.05) is 0 Å². The molecule has 10 heavy (non-hydrogen) atoms. The lowest BCUT2D eigenvalue weighted by Crippen LogP contribution is -1.78. The highest BCUT2D eigenvalue weighted by molar-refractivity contribution is 9.10. The summed E-state index contributed by atoms with van der Waals surface area (Å²) < 4.78 is 1.03. The molecule has 0 saturated carbocycles. The zero-order valence-electron chi connectivity index (χ0n) is 5.05. The molecule has 1 aromatic heterocycles. The Morgan fingerprint density at radius 2 is 2.10 bits per heavy atom. The van der Waals surface area contributed by atoms with Crippen LogP contribution in [0.2, 0.25) is 0 Å². The van der Waals surface area contributed by atoms with Crippen molar-refractivity contribution in [1.82, 2.24) is 4.98 Å². The first kappa shape index (κ1) is 10.4. The van der Waals surface area contributed by atoms with E-state index in [1.807, 2.05) is 12.3 Å². The Labute approximate surface area is 82.9 Å². The molecule has 1 rings (SSSR count). The van der Waals surface area contributed by atoms with Gasteiger partial charge in [-0.15, -0.1) is 12.4 Å². The minimum absolute atomic E-state index is 0. The Balaban J connectivity index is 0.000000810. The smallest absolute Gasteiger partial charge is 0.0410 e. The fourth-order valence-electron chi connectivity index (χ4n) is 0.529. The second-order valence-corrected chi connectivity index (χ2v) is 3.12. The summed E-state index contributed by atoms with van der Waals surface area (Å²) in [6.45, 7) is 0. The highest BCUT2D eigenvalue weighted by Gasteiger charge is 1.89. The molecule has 0 atom stereocenters. The normalized spacial score (nSPS) is 8.60. The molecule has 1 heterocycles. The van der Waals surface area contributed by atoms with E-state index in [2.05, 4.69) is 36.8 Å². The van der Waals surface area contributed by atoms with Crippen LogP contribution in [0.1, 0.15) is 5.56 Å². The Kier molecular flexibility index (Phi) is 5.31. The van der Waals surface area contributed by atoms with E-state index in [-0.39, 0.29) is 12.4 Å². The lowest BCUT2D eigenvalue weighted by Gasteiger charge is -1.92. The maximum Gasteiger partial charge on any atom is 0.0410 e. The summed E-state index contributed by atoms with van der Waals surface area (Å²) in [5.74, 6) is 0. The lowest BCUT2D eigenvalue weighted by atomic mass is 10.3. The van der Waals surface area contributed by atoms with Gasteiger partial charge in [0.05, 0.1) is 0 Å². The van der Waals surface area contributed by atoms with Crippen molar-refractivity contribution in [2.45, 2.75) is 5.33 Å². The van der Waals surface area contributed by atoms with E-state index >= 15 is 0 Å². The van der Waals surface area contributed by atoms with Gasteiger partial charge in [-0.2, -0.15) is 0 Å². The number of hydrogen-bond acceptors (Lipinski definition) is 1. The largest absolute Gasteiger partial charge is 0.263 e. The van der Waals surface area contributed by atoms with Gasteiger partial charge >= 0.3 is 0 Å². The van der Waals surface area contributed by atoms with Crippen molar-refractivity contribution < 1.29 is 0 Å². The predicted octanol–water partition coefficient (Wildman–Crippen LogP) is 3.16. The lowest BCUT2D eigenvalue weighted by molar-refractivity contribution is 1.24. The fourth-order valence-corrected chi connectivity index (χ4v) is 1.25. The molecule has 0 aliphatic carbocycles. The average Bonchev–Trinajstić information content (AvgIpc) is 1.88. The molecule has 0 N–H and O–H groups in total. The molecule has 0 bridgehead atoms. The van der Waals surface area contributed by atoms with Gasteiger partial charge in [0.25, 0.3) is 0 Å². The molecule has 0 spiro atoms. The first-order valence-corrected chi connectivity index (χ1v) is 4.40. The number of aromatic nitrogens is 1. The minimum Gasteiger partial charge on any atom is -0.263 e. The molecule has 0 aliphatic heterocycles. The van der Waals surface area contributed by atoms with Gasteiger partial charge < -0.3 is 0 Å². The summed E-state index contributed by atoms with van der Waals surface area (Å²) in [5, 5.41) is 0.861. The maximum atomic E-state index is 3.98. The Bertz CT molecular complexity index is 205. The van der Waals surface area contributed by atoms with E-state index in [0.717, 1.165) is 9.80 Å². The number of hydrogen-bond donors (Lipinski definition) is 0. The summed E-state index contributed by atoms with van der Waals surface area (Å²) in [6, 6.07) is 2.03. The van der Waals surface area contributed by atoms with Crippen molar-refractivity contribution >= 4 is 44.3 Å². The van der Waals surface area contributed by atoms with Crippen LogP contribution in [-0.4, -0.2) is 4.98 Å². The van der Waals surface area contributed by atoms with Crippen LogP contribution >= 0.6 is 44.3 Å². The number of pyridine rings is 1. The summed E-state index contributed by atoms with van der Waals surface area (Å²) in [6.07, 6.45) is 3.60. The predicted molar refractivity (Wildman–Crippen MR) is 51.8 cm³/mol. The Morgan fingerprint density at radius 1 is 1.40 bits per heavy atom. The quantitative estimate of drug-likeness (QED) is 0.723. The topological polar surface area (TPSA) is 12.9 Å². The summed E-state index contributed by atoms with van der Waals surface area (Å²) in [5.41, 5.74) is 1.18. The molecule has 56 valence electrons.